The summed E-state index contributed by atoms with van der Waals surface area (Å²) in [6.45, 7) is 2.49. The number of pyridine rings is 1. The van der Waals surface area contributed by atoms with Gasteiger partial charge in [-0.2, -0.15) is 5.26 Å². The van der Waals surface area contributed by atoms with Crippen molar-refractivity contribution in [3.05, 3.63) is 105 Å². The number of ether oxygens (including phenoxy) is 2. The summed E-state index contributed by atoms with van der Waals surface area (Å²) in [5, 5.41) is 9.39. The number of nitrogens with zero attached hydrogens (tertiary/aromatic N) is 3. The molecular formula is C30H22ClN3O3. The second-order valence-corrected chi connectivity index (χ2v) is 9.07. The second kappa shape index (κ2) is 10.7. The average Bonchev–Trinajstić information content (AvgIpc) is 3.40. The topological polar surface area (TPSA) is 84.6 Å². The number of aromatic nitrogens is 1. The van der Waals surface area contributed by atoms with Gasteiger partial charge in [-0.3, -0.25) is 14.8 Å². The fraction of sp³-hybridized carbons (Fsp3) is 0.133. The van der Waals surface area contributed by atoms with Gasteiger partial charge in [-0.05, 0) is 52.9 Å². The van der Waals surface area contributed by atoms with Gasteiger partial charge in [0.25, 0.3) is 0 Å². The summed E-state index contributed by atoms with van der Waals surface area (Å²) in [5.41, 5.74) is 8.04. The van der Waals surface area contributed by atoms with Gasteiger partial charge in [0.1, 0.15) is 30.8 Å². The minimum atomic E-state index is 0.135. The Morgan fingerprint density at radius 1 is 1.05 bits per heavy atom. The van der Waals surface area contributed by atoms with Gasteiger partial charge in [-0.15, -0.1) is 0 Å². The lowest BCUT2D eigenvalue weighted by atomic mass is 9.95. The van der Waals surface area contributed by atoms with Crippen LogP contribution in [-0.2, 0) is 19.6 Å². The number of hydrogen-bond acceptors (Lipinski definition) is 6. The van der Waals surface area contributed by atoms with Gasteiger partial charge in [0.05, 0.1) is 21.8 Å². The predicted molar refractivity (Wildman–Crippen MR) is 143 cm³/mol. The molecule has 5 rings (SSSR count). The number of fused-ring (bicyclic) bond motifs is 1. The van der Waals surface area contributed by atoms with E-state index in [1.54, 1.807) is 18.3 Å². The van der Waals surface area contributed by atoms with Gasteiger partial charge in [-0.1, -0.05) is 41.9 Å². The quantitative estimate of drug-likeness (QED) is 0.244. The van der Waals surface area contributed by atoms with Crippen LogP contribution in [0.15, 0.2) is 72.0 Å². The fourth-order valence-corrected chi connectivity index (χ4v) is 4.47. The average molecular weight is 508 g/mol. The van der Waals surface area contributed by atoms with Crippen molar-refractivity contribution in [2.24, 2.45) is 4.99 Å². The highest BCUT2D eigenvalue weighted by molar-refractivity contribution is 6.32. The Morgan fingerprint density at radius 2 is 1.92 bits per heavy atom. The van der Waals surface area contributed by atoms with Crippen LogP contribution in [0.1, 0.15) is 38.2 Å². The van der Waals surface area contributed by atoms with Crippen molar-refractivity contribution in [1.29, 1.82) is 5.26 Å². The first-order chi connectivity index (χ1) is 18.1. The summed E-state index contributed by atoms with van der Waals surface area (Å²) in [6, 6.07) is 19.4. The molecule has 1 aliphatic heterocycles. The molecule has 0 radical (unpaired) electrons. The molecule has 0 bridgehead atoms. The summed E-state index contributed by atoms with van der Waals surface area (Å²) in [4.78, 5) is 20.1. The zero-order chi connectivity index (χ0) is 25.8. The highest BCUT2D eigenvalue weighted by Crippen LogP contribution is 2.35. The molecule has 0 N–H and O–H groups in total. The van der Waals surface area contributed by atoms with E-state index in [1.807, 2.05) is 24.4 Å². The number of aldehydes is 1. The van der Waals surface area contributed by atoms with Crippen LogP contribution in [0.5, 0.6) is 11.5 Å². The number of aliphatic imine (C=N–C) groups is 1. The second-order valence-electron chi connectivity index (χ2n) is 8.66. The SMILES string of the molecule is Cc1c(COc2cc(OCc3cncc(C#N)c3)c(C=O)cc2Cl)cccc1-c1ccc2c(c1)N=CC2. The lowest BCUT2D eigenvalue weighted by Crippen LogP contribution is -2.03. The molecule has 2 heterocycles. The number of halogens is 1. The Kier molecular flexibility index (Phi) is 6.98. The molecule has 0 unspecified atom stereocenters. The van der Waals surface area contributed by atoms with Crippen LogP contribution in [0.25, 0.3) is 11.1 Å². The largest absolute Gasteiger partial charge is 0.488 e. The van der Waals surface area contributed by atoms with Crippen molar-refractivity contribution in [3.63, 3.8) is 0 Å². The van der Waals surface area contributed by atoms with E-state index in [2.05, 4.69) is 41.2 Å². The third-order valence-electron chi connectivity index (χ3n) is 6.28. The Bertz CT molecular complexity index is 1570. The third kappa shape index (κ3) is 5.23. The molecule has 0 aliphatic carbocycles. The number of benzene rings is 3. The predicted octanol–water partition coefficient (Wildman–Crippen LogP) is 6.81. The van der Waals surface area contributed by atoms with Gasteiger partial charge in [0.15, 0.2) is 6.29 Å². The smallest absolute Gasteiger partial charge is 0.153 e. The van der Waals surface area contributed by atoms with E-state index in [0.29, 0.717) is 39.5 Å². The van der Waals surface area contributed by atoms with Gasteiger partial charge in [-0.25, -0.2) is 0 Å². The van der Waals surface area contributed by atoms with Crippen molar-refractivity contribution >= 4 is 29.8 Å². The monoisotopic (exact) mass is 507 g/mol. The first-order valence-electron chi connectivity index (χ1n) is 11.7. The highest BCUT2D eigenvalue weighted by Gasteiger charge is 2.14. The van der Waals surface area contributed by atoms with Crippen LogP contribution < -0.4 is 9.47 Å². The molecular weight excluding hydrogens is 486 g/mol. The van der Waals surface area contributed by atoms with Crippen LogP contribution in [0.4, 0.5) is 5.69 Å². The molecule has 4 aromatic rings. The molecule has 1 aliphatic rings. The molecule has 0 fully saturated rings. The molecule has 7 heteroatoms. The van der Waals surface area contributed by atoms with Gasteiger partial charge in [0.2, 0.25) is 0 Å². The maximum atomic E-state index is 11.6. The standard InChI is InChI=1S/C30H22ClN3O3/c1-19-24(3-2-4-26(19)23-6-5-22-7-8-34-28(22)11-23)18-37-30-12-29(25(16-35)10-27(30)31)36-17-21-9-20(13-32)14-33-15-21/h2-6,8-12,14-16H,7,17-18H2,1H3. The zero-order valence-corrected chi connectivity index (χ0v) is 20.8. The van der Waals surface area contributed by atoms with E-state index in [0.717, 1.165) is 34.4 Å². The van der Waals surface area contributed by atoms with Crippen LogP contribution in [-0.4, -0.2) is 17.5 Å². The summed E-state index contributed by atoms with van der Waals surface area (Å²) < 4.78 is 12.0. The lowest BCUT2D eigenvalue weighted by Gasteiger charge is -2.16. The zero-order valence-electron chi connectivity index (χ0n) is 20.1. The van der Waals surface area contributed by atoms with Crippen LogP contribution in [0.2, 0.25) is 5.02 Å². The van der Waals surface area contributed by atoms with Crippen LogP contribution in [0, 0.1) is 18.3 Å². The maximum Gasteiger partial charge on any atom is 0.153 e. The fourth-order valence-electron chi connectivity index (χ4n) is 4.24. The Morgan fingerprint density at radius 3 is 2.76 bits per heavy atom. The molecule has 0 saturated heterocycles. The van der Waals surface area contributed by atoms with E-state index in [-0.39, 0.29) is 13.2 Å². The number of rotatable bonds is 8. The summed E-state index contributed by atoms with van der Waals surface area (Å²) >= 11 is 6.43. The van der Waals surface area contributed by atoms with Crippen molar-refractivity contribution in [3.8, 4) is 28.7 Å². The Balaban J connectivity index is 1.35. The van der Waals surface area contributed by atoms with E-state index in [4.69, 9.17) is 26.3 Å². The summed E-state index contributed by atoms with van der Waals surface area (Å²) in [6.07, 6.45) is 6.58. The van der Waals surface area contributed by atoms with Crippen LogP contribution in [0.3, 0.4) is 0 Å². The number of nitriles is 1. The van der Waals surface area contributed by atoms with E-state index in [9.17, 15) is 4.79 Å². The molecule has 3 aromatic carbocycles. The first-order valence-corrected chi connectivity index (χ1v) is 12.1. The van der Waals surface area contributed by atoms with Gasteiger partial charge < -0.3 is 9.47 Å². The van der Waals surface area contributed by atoms with Crippen molar-refractivity contribution < 1.29 is 14.3 Å². The molecule has 0 saturated carbocycles. The van der Waals surface area contributed by atoms with Crippen molar-refractivity contribution in [2.75, 3.05) is 0 Å². The lowest BCUT2D eigenvalue weighted by molar-refractivity contribution is 0.111. The molecule has 6 nitrogen and oxygen atoms in total. The van der Waals surface area contributed by atoms with Crippen molar-refractivity contribution in [2.45, 2.75) is 26.6 Å². The molecule has 182 valence electrons. The van der Waals surface area contributed by atoms with Crippen LogP contribution >= 0.6 is 11.6 Å². The summed E-state index contributed by atoms with van der Waals surface area (Å²) in [7, 11) is 0. The number of hydrogen-bond donors (Lipinski definition) is 0. The van der Waals surface area contributed by atoms with E-state index < -0.39 is 0 Å². The number of carbonyl (C=O) groups excluding carboxylic acids is 1. The highest BCUT2D eigenvalue weighted by atomic mass is 35.5. The normalized spacial score (nSPS) is 11.6. The molecule has 0 atom stereocenters. The van der Waals surface area contributed by atoms with Gasteiger partial charge >= 0.3 is 0 Å². The van der Waals surface area contributed by atoms with E-state index >= 15 is 0 Å². The van der Waals surface area contributed by atoms with E-state index in [1.165, 1.54) is 17.8 Å². The third-order valence-corrected chi connectivity index (χ3v) is 6.57. The molecule has 37 heavy (non-hydrogen) atoms. The van der Waals surface area contributed by atoms with Crippen molar-refractivity contribution in [1.82, 2.24) is 4.98 Å². The first kappa shape index (κ1) is 24.2. The molecule has 0 amide bonds. The summed E-state index contributed by atoms with van der Waals surface area (Å²) in [5.74, 6) is 0.740. The number of carbonyl (C=O) groups is 1. The molecule has 1 aromatic heterocycles. The Labute approximate surface area is 219 Å². The maximum absolute atomic E-state index is 11.6. The minimum Gasteiger partial charge on any atom is -0.488 e. The molecule has 0 spiro atoms. The van der Waals surface area contributed by atoms with Gasteiger partial charge in [0, 0.05) is 36.7 Å². The Hall–Kier alpha value is -4.47. The minimum absolute atomic E-state index is 0.135.